The van der Waals surface area contributed by atoms with E-state index < -0.39 is 6.04 Å². The molecule has 6 rings (SSSR count). The summed E-state index contributed by atoms with van der Waals surface area (Å²) >= 11 is 0. The maximum absolute atomic E-state index is 13.6. The molecule has 0 aliphatic carbocycles. The van der Waals surface area contributed by atoms with Gasteiger partial charge in [-0.2, -0.15) is 0 Å². The third-order valence-electron chi connectivity index (χ3n) is 7.69. The molecule has 2 aliphatic rings. The summed E-state index contributed by atoms with van der Waals surface area (Å²) in [6, 6.07) is 12.3. The molecule has 4 heterocycles. The number of ether oxygens (including phenoxy) is 1. The molecule has 2 fully saturated rings. The lowest BCUT2D eigenvalue weighted by atomic mass is 10.00. The Morgan fingerprint density at radius 2 is 1.89 bits per heavy atom. The Bertz CT molecular complexity index is 1490. The minimum atomic E-state index is -0.421. The van der Waals surface area contributed by atoms with Gasteiger partial charge in [0.05, 0.1) is 18.2 Å². The van der Waals surface area contributed by atoms with Crippen LogP contribution in [0.15, 0.2) is 47.3 Å². The van der Waals surface area contributed by atoms with E-state index >= 15 is 0 Å². The predicted octanol–water partition coefficient (Wildman–Crippen LogP) is 3.36. The molecule has 0 bridgehead atoms. The number of nitrogens with zero attached hydrogens (tertiary/aromatic N) is 6. The number of aromatic nitrogens is 5. The minimum Gasteiger partial charge on any atom is -0.376 e. The quantitative estimate of drug-likeness (QED) is 0.419. The average molecular weight is 518 g/mol. The van der Waals surface area contributed by atoms with Crippen molar-refractivity contribution in [1.29, 1.82) is 0 Å². The number of nitrogens with one attached hydrogen (secondary N) is 1. The maximum Gasteiger partial charge on any atom is 0.253 e. The number of aryl methyl sites for hydroxylation is 2. The first kappa shape index (κ1) is 24.7. The average Bonchev–Trinajstić information content (AvgIpc) is 3.59. The van der Waals surface area contributed by atoms with Crippen LogP contribution in [-0.4, -0.2) is 69.0 Å². The number of fused-ring (bicyclic) bond motifs is 1. The van der Waals surface area contributed by atoms with Gasteiger partial charge in [-0.05, 0) is 84.5 Å². The maximum atomic E-state index is 13.6. The molecule has 10 heteroatoms. The summed E-state index contributed by atoms with van der Waals surface area (Å²) in [5, 5.41) is 13.8. The van der Waals surface area contributed by atoms with Crippen LogP contribution in [0.3, 0.4) is 0 Å². The second kappa shape index (κ2) is 10.3. The summed E-state index contributed by atoms with van der Waals surface area (Å²) in [7, 11) is 0. The molecule has 38 heavy (non-hydrogen) atoms. The fourth-order valence-electron chi connectivity index (χ4n) is 5.81. The Morgan fingerprint density at radius 3 is 2.63 bits per heavy atom. The molecule has 4 aromatic rings. The normalized spacial score (nSPS) is 19.3. The van der Waals surface area contributed by atoms with E-state index in [1.807, 2.05) is 25.1 Å². The van der Waals surface area contributed by atoms with Crippen molar-refractivity contribution in [3.63, 3.8) is 0 Å². The van der Waals surface area contributed by atoms with Crippen molar-refractivity contribution in [2.24, 2.45) is 0 Å². The summed E-state index contributed by atoms with van der Waals surface area (Å²) in [5.41, 5.74) is 4.50. The number of pyridine rings is 1. The summed E-state index contributed by atoms with van der Waals surface area (Å²) in [5.74, 6) is 0.400. The zero-order valence-electron chi connectivity index (χ0n) is 21.7. The van der Waals surface area contributed by atoms with Crippen LogP contribution in [0, 0.1) is 19.7 Å². The van der Waals surface area contributed by atoms with Gasteiger partial charge in [0.2, 0.25) is 0 Å². The summed E-state index contributed by atoms with van der Waals surface area (Å²) < 4.78 is 21.1. The number of H-pyrrole nitrogens is 1. The number of hydrogen-bond acceptors (Lipinski definition) is 7. The van der Waals surface area contributed by atoms with Gasteiger partial charge in [-0.25, -0.2) is 9.07 Å². The summed E-state index contributed by atoms with van der Waals surface area (Å²) in [4.78, 5) is 21.2. The van der Waals surface area contributed by atoms with Crippen LogP contribution in [0.4, 0.5) is 10.1 Å². The summed E-state index contributed by atoms with van der Waals surface area (Å²) in [6.45, 7) is 8.24. The van der Waals surface area contributed by atoms with E-state index in [-0.39, 0.29) is 17.5 Å². The molecule has 0 amide bonds. The third kappa shape index (κ3) is 4.81. The molecular weight excluding hydrogens is 485 g/mol. The van der Waals surface area contributed by atoms with Crippen molar-refractivity contribution < 1.29 is 9.13 Å². The number of halogens is 1. The van der Waals surface area contributed by atoms with Gasteiger partial charge in [-0.3, -0.25) is 9.69 Å². The van der Waals surface area contributed by atoms with Crippen molar-refractivity contribution in [2.45, 2.75) is 45.4 Å². The number of anilines is 1. The van der Waals surface area contributed by atoms with Gasteiger partial charge in [-0.1, -0.05) is 11.6 Å². The fourth-order valence-corrected chi connectivity index (χ4v) is 5.81. The number of benzene rings is 2. The van der Waals surface area contributed by atoms with Gasteiger partial charge in [-0.15, -0.1) is 5.10 Å². The van der Waals surface area contributed by atoms with Crippen molar-refractivity contribution in [3.8, 4) is 0 Å². The van der Waals surface area contributed by atoms with E-state index in [1.54, 1.807) is 4.68 Å². The van der Waals surface area contributed by atoms with Crippen LogP contribution in [-0.2, 0) is 11.3 Å². The molecule has 9 nitrogen and oxygen atoms in total. The zero-order valence-corrected chi connectivity index (χ0v) is 21.7. The molecule has 2 aromatic carbocycles. The molecule has 0 radical (unpaired) electrons. The van der Waals surface area contributed by atoms with Crippen molar-refractivity contribution >= 4 is 16.6 Å². The van der Waals surface area contributed by atoms with Crippen LogP contribution in [0.5, 0.6) is 0 Å². The molecule has 198 valence electrons. The van der Waals surface area contributed by atoms with Gasteiger partial charge < -0.3 is 14.6 Å². The van der Waals surface area contributed by atoms with E-state index in [9.17, 15) is 9.18 Å². The van der Waals surface area contributed by atoms with E-state index in [4.69, 9.17) is 4.74 Å². The highest BCUT2D eigenvalue weighted by Gasteiger charge is 2.33. The topological polar surface area (TPSA) is 92.2 Å². The Balaban J connectivity index is 1.38. The van der Waals surface area contributed by atoms with Crippen molar-refractivity contribution in [1.82, 2.24) is 30.1 Å². The highest BCUT2D eigenvalue weighted by Crippen LogP contribution is 2.30. The van der Waals surface area contributed by atoms with Crippen LogP contribution in [0.2, 0.25) is 0 Å². The first-order valence-corrected chi connectivity index (χ1v) is 13.2. The lowest BCUT2D eigenvalue weighted by Crippen LogP contribution is -2.49. The van der Waals surface area contributed by atoms with E-state index in [0.717, 1.165) is 60.3 Å². The van der Waals surface area contributed by atoms with Crippen LogP contribution in [0.1, 0.15) is 41.4 Å². The molecule has 2 aliphatic heterocycles. The smallest absolute Gasteiger partial charge is 0.253 e. The number of aromatic amines is 1. The van der Waals surface area contributed by atoms with Crippen LogP contribution < -0.4 is 10.5 Å². The van der Waals surface area contributed by atoms with Gasteiger partial charge in [0.1, 0.15) is 11.9 Å². The molecule has 2 aromatic heterocycles. The van der Waals surface area contributed by atoms with E-state index in [0.29, 0.717) is 31.0 Å². The van der Waals surface area contributed by atoms with Gasteiger partial charge in [0.15, 0.2) is 5.82 Å². The van der Waals surface area contributed by atoms with Crippen LogP contribution in [0.25, 0.3) is 10.9 Å². The second-order valence-electron chi connectivity index (χ2n) is 10.4. The fraction of sp³-hybridized carbons (Fsp3) is 0.429. The predicted molar refractivity (Wildman–Crippen MR) is 143 cm³/mol. The van der Waals surface area contributed by atoms with Gasteiger partial charge in [0, 0.05) is 44.0 Å². The highest BCUT2D eigenvalue weighted by molar-refractivity contribution is 5.83. The van der Waals surface area contributed by atoms with Crippen LogP contribution >= 0.6 is 0 Å². The first-order valence-electron chi connectivity index (χ1n) is 13.2. The first-order chi connectivity index (χ1) is 18.5. The molecular formula is C28H32FN7O2. The largest absolute Gasteiger partial charge is 0.376 e. The Labute approximate surface area is 220 Å². The lowest BCUT2D eigenvalue weighted by Gasteiger charge is -2.39. The Kier molecular flexibility index (Phi) is 6.67. The molecule has 0 unspecified atom stereocenters. The molecule has 1 N–H and O–H groups in total. The molecule has 0 spiro atoms. The molecule has 0 saturated carbocycles. The lowest BCUT2D eigenvalue weighted by molar-refractivity contribution is 0.0906. The molecule has 2 saturated heterocycles. The van der Waals surface area contributed by atoms with E-state index in [2.05, 4.69) is 49.4 Å². The monoisotopic (exact) mass is 517 g/mol. The number of rotatable bonds is 6. The van der Waals surface area contributed by atoms with Crippen molar-refractivity contribution in [2.75, 3.05) is 37.7 Å². The standard InChI is InChI=1S/C28H32FN7O2/c1-18-14-19(2)25-20(15-18)16-24(28(37)30-25)26(27-31-32-33-36(27)17-23-4-3-13-38-23)35-11-9-34(10-12-35)22-7-5-21(29)6-8-22/h5-8,14-16,23,26H,3-4,9-13,17H2,1-2H3,(H,30,37)/t23-,26+/m0/s1. The number of tetrazole rings is 1. The zero-order chi connectivity index (χ0) is 26.2. The molecule has 2 atom stereocenters. The van der Waals surface area contributed by atoms with Crippen molar-refractivity contribution in [3.05, 3.63) is 81.2 Å². The Hall–Kier alpha value is -3.63. The summed E-state index contributed by atoms with van der Waals surface area (Å²) in [6.07, 6.45) is 2.06. The van der Waals surface area contributed by atoms with E-state index in [1.165, 1.54) is 12.1 Å². The minimum absolute atomic E-state index is 0.0633. The number of piperazine rings is 1. The SMILES string of the molecule is Cc1cc(C)c2[nH]c(=O)c([C@H](c3nnnn3C[C@@H]3CCCO3)N3CCN(c4ccc(F)cc4)CC3)cc2c1. The number of hydrogen-bond donors (Lipinski definition) is 1. The third-order valence-corrected chi connectivity index (χ3v) is 7.69. The highest BCUT2D eigenvalue weighted by atomic mass is 19.1. The van der Waals surface area contributed by atoms with Gasteiger partial charge in [0.25, 0.3) is 5.56 Å². The Morgan fingerprint density at radius 1 is 1.11 bits per heavy atom. The van der Waals surface area contributed by atoms with Gasteiger partial charge >= 0.3 is 0 Å². The second-order valence-corrected chi connectivity index (χ2v) is 10.4.